The van der Waals surface area contributed by atoms with Crippen LogP contribution in [0.1, 0.15) is 64.1 Å². The summed E-state index contributed by atoms with van der Waals surface area (Å²) in [6, 6.07) is 2.83. The standard InChI is InChI=1S/C18H31N3/c1-16(2)15-19-13-8-4-5-9-17-12-14-21(20-17)18-10-6-3-7-11-18/h4-5,12,14,16,18-19H,3,6-11,13,15H2,1-2H3. The molecule has 1 fully saturated rings. The van der Waals surface area contributed by atoms with E-state index in [2.05, 4.69) is 48.3 Å². The van der Waals surface area contributed by atoms with Gasteiger partial charge in [-0.15, -0.1) is 0 Å². The maximum absolute atomic E-state index is 4.74. The molecule has 1 aromatic rings. The molecule has 1 heterocycles. The van der Waals surface area contributed by atoms with Crippen molar-refractivity contribution >= 4 is 0 Å². The highest BCUT2D eigenvalue weighted by molar-refractivity contribution is 5.05. The van der Waals surface area contributed by atoms with Gasteiger partial charge in [-0.2, -0.15) is 5.10 Å². The highest BCUT2D eigenvalue weighted by Gasteiger charge is 2.15. The fraction of sp³-hybridized carbons (Fsp3) is 0.722. The van der Waals surface area contributed by atoms with Crippen LogP contribution in [-0.4, -0.2) is 22.9 Å². The molecule has 1 aliphatic rings. The largest absolute Gasteiger partial charge is 0.316 e. The smallest absolute Gasteiger partial charge is 0.0662 e. The molecule has 1 aliphatic carbocycles. The van der Waals surface area contributed by atoms with Crippen molar-refractivity contribution in [3.63, 3.8) is 0 Å². The average molecular weight is 289 g/mol. The highest BCUT2D eigenvalue weighted by Crippen LogP contribution is 2.27. The quantitative estimate of drug-likeness (QED) is 0.576. The summed E-state index contributed by atoms with van der Waals surface area (Å²) in [7, 11) is 0. The van der Waals surface area contributed by atoms with Gasteiger partial charge in [-0.05, 0) is 44.3 Å². The molecule has 1 aromatic heterocycles. The zero-order chi connectivity index (χ0) is 14.9. The minimum atomic E-state index is 0.650. The molecule has 1 saturated carbocycles. The molecule has 0 bridgehead atoms. The first-order chi connectivity index (χ1) is 10.3. The zero-order valence-electron chi connectivity index (χ0n) is 13.7. The summed E-state index contributed by atoms with van der Waals surface area (Å²) in [5.41, 5.74) is 1.20. The molecule has 21 heavy (non-hydrogen) atoms. The normalized spacial score (nSPS) is 17.1. The van der Waals surface area contributed by atoms with E-state index in [-0.39, 0.29) is 0 Å². The summed E-state index contributed by atoms with van der Waals surface area (Å²) in [5, 5.41) is 8.20. The minimum Gasteiger partial charge on any atom is -0.316 e. The molecule has 3 heteroatoms. The molecule has 3 nitrogen and oxygen atoms in total. The van der Waals surface area contributed by atoms with Crippen molar-refractivity contribution in [1.82, 2.24) is 15.1 Å². The molecule has 0 saturated heterocycles. The lowest BCUT2D eigenvalue weighted by atomic mass is 9.96. The van der Waals surface area contributed by atoms with E-state index < -0.39 is 0 Å². The lowest BCUT2D eigenvalue weighted by Crippen LogP contribution is -2.20. The Hall–Kier alpha value is -1.09. The van der Waals surface area contributed by atoms with Crippen molar-refractivity contribution in [3.8, 4) is 0 Å². The topological polar surface area (TPSA) is 29.9 Å². The summed E-state index contributed by atoms with van der Waals surface area (Å²) in [5.74, 6) is 0.734. The van der Waals surface area contributed by atoms with Crippen LogP contribution in [0.2, 0.25) is 0 Å². The van der Waals surface area contributed by atoms with E-state index in [1.165, 1.54) is 37.8 Å². The van der Waals surface area contributed by atoms with E-state index in [0.29, 0.717) is 6.04 Å². The van der Waals surface area contributed by atoms with Gasteiger partial charge < -0.3 is 5.32 Å². The number of nitrogens with one attached hydrogen (secondary N) is 1. The van der Waals surface area contributed by atoms with Crippen LogP contribution in [0, 0.1) is 5.92 Å². The number of hydrogen-bond acceptors (Lipinski definition) is 2. The fourth-order valence-corrected chi connectivity index (χ4v) is 2.93. The first kappa shape index (κ1) is 16.3. The Labute approximate surface area is 129 Å². The average Bonchev–Trinajstić information content (AvgIpc) is 2.96. The second-order valence-corrected chi connectivity index (χ2v) is 6.64. The molecule has 0 amide bonds. The molecule has 0 unspecified atom stereocenters. The highest BCUT2D eigenvalue weighted by atomic mass is 15.3. The van der Waals surface area contributed by atoms with Gasteiger partial charge in [0.2, 0.25) is 0 Å². The molecular weight excluding hydrogens is 258 g/mol. The van der Waals surface area contributed by atoms with Gasteiger partial charge in [-0.25, -0.2) is 0 Å². The Morgan fingerprint density at radius 1 is 1.29 bits per heavy atom. The van der Waals surface area contributed by atoms with E-state index >= 15 is 0 Å². The van der Waals surface area contributed by atoms with Crippen LogP contribution in [0.3, 0.4) is 0 Å². The molecule has 1 N–H and O–H groups in total. The van der Waals surface area contributed by atoms with Crippen molar-refractivity contribution in [3.05, 3.63) is 30.1 Å². The Morgan fingerprint density at radius 2 is 2.10 bits per heavy atom. The third-order valence-electron chi connectivity index (χ3n) is 4.15. The van der Waals surface area contributed by atoms with Gasteiger partial charge in [0.15, 0.2) is 0 Å². The molecule has 0 atom stereocenters. The Bertz CT molecular complexity index is 414. The van der Waals surface area contributed by atoms with Gasteiger partial charge in [0.05, 0.1) is 11.7 Å². The molecular formula is C18H31N3. The van der Waals surface area contributed by atoms with Gasteiger partial charge in [-0.3, -0.25) is 4.68 Å². The van der Waals surface area contributed by atoms with Crippen LogP contribution in [0.25, 0.3) is 0 Å². The summed E-state index contributed by atoms with van der Waals surface area (Å²) in [6.07, 6.45) is 15.5. The van der Waals surface area contributed by atoms with Crippen molar-refractivity contribution in [2.24, 2.45) is 5.92 Å². The summed E-state index contributed by atoms with van der Waals surface area (Å²) >= 11 is 0. The number of aromatic nitrogens is 2. The van der Waals surface area contributed by atoms with Crippen molar-refractivity contribution in [2.45, 2.75) is 64.8 Å². The third kappa shape index (κ3) is 6.04. The van der Waals surface area contributed by atoms with E-state index in [1.54, 1.807) is 0 Å². The van der Waals surface area contributed by atoms with Crippen LogP contribution in [-0.2, 0) is 6.42 Å². The number of nitrogens with zero attached hydrogens (tertiary/aromatic N) is 2. The van der Waals surface area contributed by atoms with Gasteiger partial charge in [0.25, 0.3) is 0 Å². The number of hydrogen-bond donors (Lipinski definition) is 1. The predicted molar refractivity (Wildman–Crippen MR) is 89.5 cm³/mol. The molecule has 118 valence electrons. The lowest BCUT2D eigenvalue weighted by molar-refractivity contribution is 0.328. The first-order valence-corrected chi connectivity index (χ1v) is 8.65. The van der Waals surface area contributed by atoms with Gasteiger partial charge >= 0.3 is 0 Å². The minimum absolute atomic E-state index is 0.650. The first-order valence-electron chi connectivity index (χ1n) is 8.65. The second-order valence-electron chi connectivity index (χ2n) is 6.64. The van der Waals surface area contributed by atoms with Crippen LogP contribution in [0.4, 0.5) is 0 Å². The molecule has 2 rings (SSSR count). The van der Waals surface area contributed by atoms with Crippen LogP contribution >= 0.6 is 0 Å². The summed E-state index contributed by atoms with van der Waals surface area (Å²) in [6.45, 7) is 6.67. The van der Waals surface area contributed by atoms with Crippen molar-refractivity contribution < 1.29 is 0 Å². The maximum Gasteiger partial charge on any atom is 0.0662 e. The van der Waals surface area contributed by atoms with Gasteiger partial charge in [0, 0.05) is 12.6 Å². The fourth-order valence-electron chi connectivity index (χ4n) is 2.93. The zero-order valence-corrected chi connectivity index (χ0v) is 13.7. The monoisotopic (exact) mass is 289 g/mol. The van der Waals surface area contributed by atoms with Crippen LogP contribution in [0.15, 0.2) is 24.4 Å². The predicted octanol–water partition coefficient (Wildman–Crippen LogP) is 4.12. The lowest BCUT2D eigenvalue weighted by Gasteiger charge is -2.21. The Balaban J connectivity index is 1.65. The molecule has 0 radical (unpaired) electrons. The summed E-state index contributed by atoms with van der Waals surface area (Å²) < 4.78 is 2.20. The molecule has 0 aliphatic heterocycles. The van der Waals surface area contributed by atoms with Crippen molar-refractivity contribution in [2.75, 3.05) is 13.1 Å². The van der Waals surface area contributed by atoms with Crippen LogP contribution < -0.4 is 5.32 Å². The second kappa shape index (κ2) is 9.04. The van der Waals surface area contributed by atoms with Gasteiger partial charge in [0.1, 0.15) is 0 Å². The Kier molecular flexibility index (Phi) is 7.01. The number of allylic oxidation sites excluding steroid dienone is 1. The molecule has 0 aromatic carbocycles. The van der Waals surface area contributed by atoms with E-state index in [1.807, 2.05) is 0 Å². The van der Waals surface area contributed by atoms with E-state index in [9.17, 15) is 0 Å². The summed E-state index contributed by atoms with van der Waals surface area (Å²) in [4.78, 5) is 0. The van der Waals surface area contributed by atoms with Crippen LogP contribution in [0.5, 0.6) is 0 Å². The Morgan fingerprint density at radius 3 is 2.86 bits per heavy atom. The third-order valence-corrected chi connectivity index (χ3v) is 4.15. The van der Waals surface area contributed by atoms with Gasteiger partial charge in [-0.1, -0.05) is 45.3 Å². The van der Waals surface area contributed by atoms with E-state index in [0.717, 1.165) is 31.8 Å². The number of rotatable bonds is 8. The van der Waals surface area contributed by atoms with Crippen molar-refractivity contribution in [1.29, 1.82) is 0 Å². The molecule has 0 spiro atoms. The maximum atomic E-state index is 4.74. The van der Waals surface area contributed by atoms with E-state index in [4.69, 9.17) is 5.10 Å². The SMILES string of the molecule is CC(C)CNCCC=CCc1ccn(C2CCCCC2)n1.